The van der Waals surface area contributed by atoms with Gasteiger partial charge in [0.05, 0.1) is 16.4 Å². The number of unbranched alkanes of at least 4 members (excludes halogenated alkanes) is 1. The van der Waals surface area contributed by atoms with Crippen LogP contribution in [0.25, 0.3) is 0 Å². The van der Waals surface area contributed by atoms with Crippen molar-refractivity contribution in [2.75, 3.05) is 17.2 Å². The number of hydrogen-bond donors (Lipinski definition) is 1. The Bertz CT molecular complexity index is 352. The summed E-state index contributed by atoms with van der Waals surface area (Å²) in [6.45, 7) is 7.67. The largest absolute Gasteiger partial charge is 0.396 e. The second-order valence-electron chi connectivity index (χ2n) is 4.48. The molecule has 0 saturated heterocycles. The van der Waals surface area contributed by atoms with Crippen molar-refractivity contribution >= 4 is 23.0 Å². The molecular weight excluding hydrogens is 232 g/mol. The third-order valence-corrected chi connectivity index (χ3v) is 3.54. The number of rotatable bonds is 6. The van der Waals surface area contributed by atoms with Gasteiger partial charge in [-0.15, -0.1) is 0 Å². The van der Waals surface area contributed by atoms with Crippen LogP contribution >= 0.6 is 11.6 Å². The van der Waals surface area contributed by atoms with Crippen molar-refractivity contribution in [3.8, 4) is 0 Å². The maximum absolute atomic E-state index is 6.09. The molecule has 0 heterocycles. The molecule has 3 heteroatoms. The highest BCUT2D eigenvalue weighted by atomic mass is 35.5. The van der Waals surface area contributed by atoms with Crippen molar-refractivity contribution in [1.29, 1.82) is 0 Å². The molecule has 2 N–H and O–H groups in total. The van der Waals surface area contributed by atoms with Crippen molar-refractivity contribution in [3.63, 3.8) is 0 Å². The van der Waals surface area contributed by atoms with Crippen LogP contribution in [-0.2, 0) is 0 Å². The zero-order valence-electron chi connectivity index (χ0n) is 11.0. The topological polar surface area (TPSA) is 29.3 Å². The predicted octanol–water partition coefficient (Wildman–Crippen LogP) is 4.33. The van der Waals surface area contributed by atoms with Gasteiger partial charge in [0.25, 0.3) is 0 Å². The highest BCUT2D eigenvalue weighted by Gasteiger charge is 2.15. The zero-order chi connectivity index (χ0) is 12.8. The first kappa shape index (κ1) is 14.2. The van der Waals surface area contributed by atoms with Crippen LogP contribution in [0.5, 0.6) is 0 Å². The molecule has 0 spiro atoms. The molecule has 0 fully saturated rings. The fourth-order valence-corrected chi connectivity index (χ4v) is 2.07. The van der Waals surface area contributed by atoms with E-state index in [0.29, 0.717) is 16.8 Å². The fourth-order valence-electron chi connectivity index (χ4n) is 1.90. The number of hydrogen-bond acceptors (Lipinski definition) is 2. The first-order valence-electron chi connectivity index (χ1n) is 6.42. The van der Waals surface area contributed by atoms with Crippen molar-refractivity contribution < 1.29 is 0 Å². The minimum atomic E-state index is 0.488. The number of nitrogen functional groups attached to an aromatic ring is 1. The molecule has 1 rings (SSSR count). The molecule has 0 bridgehead atoms. The van der Waals surface area contributed by atoms with Gasteiger partial charge in [0, 0.05) is 12.6 Å². The molecule has 1 aromatic rings. The molecule has 0 aliphatic carbocycles. The van der Waals surface area contributed by atoms with Crippen LogP contribution in [0.15, 0.2) is 18.2 Å². The molecule has 0 aliphatic heterocycles. The fraction of sp³-hybridized carbons (Fsp3) is 0.571. The maximum Gasteiger partial charge on any atom is 0.0741 e. The number of anilines is 2. The summed E-state index contributed by atoms with van der Waals surface area (Å²) in [6.07, 6.45) is 3.47. The molecule has 0 aliphatic rings. The Balaban J connectivity index is 2.99. The van der Waals surface area contributed by atoms with E-state index in [1.54, 1.807) is 0 Å². The van der Waals surface area contributed by atoms with Crippen LogP contribution in [0.1, 0.15) is 40.0 Å². The van der Waals surface area contributed by atoms with Gasteiger partial charge in [-0.05, 0) is 31.9 Å². The number of nitrogens with zero attached hydrogens (tertiary/aromatic N) is 1. The lowest BCUT2D eigenvalue weighted by Crippen LogP contribution is -2.34. The van der Waals surface area contributed by atoms with Gasteiger partial charge in [0.2, 0.25) is 0 Å². The summed E-state index contributed by atoms with van der Waals surface area (Å²) < 4.78 is 0. The highest BCUT2D eigenvalue weighted by Crippen LogP contribution is 2.31. The Hall–Kier alpha value is -0.890. The lowest BCUT2D eigenvalue weighted by molar-refractivity contribution is 0.596. The third kappa shape index (κ3) is 3.53. The quantitative estimate of drug-likeness (QED) is 0.766. The molecular formula is C14H23ClN2. The maximum atomic E-state index is 6.09. The summed E-state index contributed by atoms with van der Waals surface area (Å²) in [6, 6.07) is 6.36. The Morgan fingerprint density at radius 2 is 2.06 bits per heavy atom. The number of halogens is 1. The Labute approximate surface area is 110 Å². The minimum absolute atomic E-state index is 0.488. The number of benzene rings is 1. The molecule has 1 unspecified atom stereocenters. The van der Waals surface area contributed by atoms with E-state index in [0.717, 1.165) is 18.7 Å². The zero-order valence-corrected chi connectivity index (χ0v) is 11.8. The first-order chi connectivity index (χ1) is 8.11. The van der Waals surface area contributed by atoms with E-state index < -0.39 is 0 Å². The van der Waals surface area contributed by atoms with Crippen LogP contribution in [0, 0.1) is 0 Å². The molecule has 96 valence electrons. The van der Waals surface area contributed by atoms with E-state index in [-0.39, 0.29) is 0 Å². The number of nitrogens with two attached hydrogens (primary N) is 1. The summed E-state index contributed by atoms with van der Waals surface area (Å²) in [5.74, 6) is 0. The van der Waals surface area contributed by atoms with Gasteiger partial charge in [0.15, 0.2) is 0 Å². The summed E-state index contributed by atoms with van der Waals surface area (Å²) in [4.78, 5) is 2.37. The molecule has 2 nitrogen and oxygen atoms in total. The molecule has 0 radical (unpaired) electrons. The smallest absolute Gasteiger partial charge is 0.0741 e. The van der Waals surface area contributed by atoms with Gasteiger partial charge in [-0.25, -0.2) is 0 Å². The van der Waals surface area contributed by atoms with Crippen molar-refractivity contribution in [2.24, 2.45) is 0 Å². The summed E-state index contributed by atoms with van der Waals surface area (Å²) in [5.41, 5.74) is 7.84. The third-order valence-electron chi connectivity index (χ3n) is 3.21. The van der Waals surface area contributed by atoms with Crippen molar-refractivity contribution in [1.82, 2.24) is 0 Å². The Morgan fingerprint density at radius 3 is 2.65 bits per heavy atom. The van der Waals surface area contributed by atoms with E-state index in [4.69, 9.17) is 17.3 Å². The Morgan fingerprint density at radius 1 is 1.35 bits per heavy atom. The van der Waals surface area contributed by atoms with Crippen molar-refractivity contribution in [3.05, 3.63) is 23.2 Å². The van der Waals surface area contributed by atoms with Gasteiger partial charge < -0.3 is 10.6 Å². The predicted molar refractivity (Wildman–Crippen MR) is 77.9 cm³/mol. The Kier molecular flexibility index (Phi) is 5.63. The summed E-state index contributed by atoms with van der Waals surface area (Å²) in [7, 11) is 0. The molecule has 1 atom stereocenters. The lowest BCUT2D eigenvalue weighted by atomic mass is 10.1. The lowest BCUT2D eigenvalue weighted by Gasteiger charge is -2.32. The standard InChI is InChI=1S/C14H23ClN2/c1-4-6-10-17(11(3)5-2)13-9-7-8-12(15)14(13)16/h7-9,11H,4-6,10,16H2,1-3H3. The van der Waals surface area contributed by atoms with Crippen LogP contribution in [0.4, 0.5) is 11.4 Å². The van der Waals surface area contributed by atoms with Gasteiger partial charge in [-0.3, -0.25) is 0 Å². The normalized spacial score (nSPS) is 12.5. The van der Waals surface area contributed by atoms with E-state index in [1.165, 1.54) is 12.8 Å². The SMILES string of the molecule is CCCCN(c1cccc(Cl)c1N)C(C)CC. The van der Waals surface area contributed by atoms with Gasteiger partial charge >= 0.3 is 0 Å². The number of para-hydroxylation sites is 1. The van der Waals surface area contributed by atoms with Crippen LogP contribution in [0.3, 0.4) is 0 Å². The van der Waals surface area contributed by atoms with Gasteiger partial charge in [-0.2, -0.15) is 0 Å². The average molecular weight is 255 g/mol. The van der Waals surface area contributed by atoms with E-state index in [2.05, 4.69) is 31.7 Å². The molecule has 0 saturated carbocycles. The summed E-state index contributed by atoms with van der Waals surface area (Å²) in [5, 5.41) is 0.646. The molecule has 1 aromatic carbocycles. The molecule has 17 heavy (non-hydrogen) atoms. The summed E-state index contributed by atoms with van der Waals surface area (Å²) >= 11 is 6.09. The minimum Gasteiger partial charge on any atom is -0.396 e. The average Bonchev–Trinajstić information content (AvgIpc) is 2.34. The van der Waals surface area contributed by atoms with Crippen LogP contribution in [0.2, 0.25) is 5.02 Å². The van der Waals surface area contributed by atoms with Crippen LogP contribution < -0.4 is 10.6 Å². The van der Waals surface area contributed by atoms with Crippen molar-refractivity contribution in [2.45, 2.75) is 46.1 Å². The first-order valence-corrected chi connectivity index (χ1v) is 6.80. The van der Waals surface area contributed by atoms with Crippen LogP contribution in [-0.4, -0.2) is 12.6 Å². The van der Waals surface area contributed by atoms with Gasteiger partial charge in [0.1, 0.15) is 0 Å². The second-order valence-corrected chi connectivity index (χ2v) is 4.88. The van der Waals surface area contributed by atoms with E-state index in [1.807, 2.05) is 12.1 Å². The van der Waals surface area contributed by atoms with Gasteiger partial charge in [-0.1, -0.05) is 37.9 Å². The highest BCUT2D eigenvalue weighted by molar-refractivity contribution is 6.33. The van der Waals surface area contributed by atoms with E-state index in [9.17, 15) is 0 Å². The molecule has 0 amide bonds. The molecule has 0 aromatic heterocycles. The van der Waals surface area contributed by atoms with E-state index >= 15 is 0 Å². The monoisotopic (exact) mass is 254 g/mol. The second kappa shape index (κ2) is 6.75.